The predicted molar refractivity (Wildman–Crippen MR) is 86.8 cm³/mol. The SMILES string of the molecule is C=CCNc1ncnc(Nc2ccc(C)c(Cl)c2)c1[N+](=O)[O-]. The normalized spacial score (nSPS) is 10.1. The van der Waals surface area contributed by atoms with E-state index >= 15 is 0 Å². The zero-order valence-electron chi connectivity index (χ0n) is 11.8. The van der Waals surface area contributed by atoms with Crippen molar-refractivity contribution in [3.63, 3.8) is 0 Å². The minimum Gasteiger partial charge on any atom is -0.361 e. The molecule has 1 aromatic carbocycles. The van der Waals surface area contributed by atoms with Gasteiger partial charge in [-0.25, -0.2) is 9.97 Å². The van der Waals surface area contributed by atoms with Crippen molar-refractivity contribution in [2.75, 3.05) is 17.2 Å². The van der Waals surface area contributed by atoms with Gasteiger partial charge in [-0.2, -0.15) is 0 Å². The van der Waals surface area contributed by atoms with E-state index in [2.05, 4.69) is 27.2 Å². The van der Waals surface area contributed by atoms with Crippen LogP contribution < -0.4 is 10.6 Å². The van der Waals surface area contributed by atoms with E-state index in [9.17, 15) is 10.1 Å². The first-order valence-corrected chi connectivity index (χ1v) is 6.78. The van der Waals surface area contributed by atoms with Crippen LogP contribution in [0.5, 0.6) is 0 Å². The van der Waals surface area contributed by atoms with E-state index in [4.69, 9.17) is 11.6 Å². The number of rotatable bonds is 6. The molecule has 0 saturated heterocycles. The summed E-state index contributed by atoms with van der Waals surface area (Å²) in [5.74, 6) is 0.215. The molecule has 0 aliphatic rings. The Morgan fingerprint density at radius 3 is 2.77 bits per heavy atom. The van der Waals surface area contributed by atoms with Gasteiger partial charge in [-0.1, -0.05) is 23.7 Å². The highest BCUT2D eigenvalue weighted by Gasteiger charge is 2.22. The van der Waals surface area contributed by atoms with Crippen molar-refractivity contribution < 1.29 is 4.92 Å². The molecule has 2 rings (SSSR count). The fourth-order valence-corrected chi connectivity index (χ4v) is 1.93. The maximum absolute atomic E-state index is 11.3. The monoisotopic (exact) mass is 319 g/mol. The largest absolute Gasteiger partial charge is 0.361 e. The summed E-state index contributed by atoms with van der Waals surface area (Å²) >= 11 is 6.05. The topological polar surface area (TPSA) is 93.0 Å². The average Bonchev–Trinajstić information content (AvgIpc) is 2.48. The molecule has 22 heavy (non-hydrogen) atoms. The highest BCUT2D eigenvalue weighted by atomic mass is 35.5. The number of hydrogen-bond donors (Lipinski definition) is 2. The molecule has 0 fully saturated rings. The van der Waals surface area contributed by atoms with Crippen LogP contribution in [0.2, 0.25) is 5.02 Å². The van der Waals surface area contributed by atoms with Crippen LogP contribution in [0.1, 0.15) is 5.56 Å². The van der Waals surface area contributed by atoms with Gasteiger partial charge in [0.1, 0.15) is 6.33 Å². The summed E-state index contributed by atoms with van der Waals surface area (Å²) in [6.07, 6.45) is 2.83. The van der Waals surface area contributed by atoms with E-state index in [1.165, 1.54) is 6.33 Å². The Morgan fingerprint density at radius 1 is 1.41 bits per heavy atom. The van der Waals surface area contributed by atoms with Crippen molar-refractivity contribution in [1.29, 1.82) is 0 Å². The maximum Gasteiger partial charge on any atom is 0.353 e. The van der Waals surface area contributed by atoms with E-state index in [-0.39, 0.29) is 17.3 Å². The van der Waals surface area contributed by atoms with Crippen molar-refractivity contribution in [3.8, 4) is 0 Å². The number of nitrogens with zero attached hydrogens (tertiary/aromatic N) is 3. The van der Waals surface area contributed by atoms with Gasteiger partial charge >= 0.3 is 5.69 Å². The molecular formula is C14H14ClN5O2. The fourth-order valence-electron chi connectivity index (χ4n) is 1.75. The molecule has 8 heteroatoms. The Labute approximate surface area is 132 Å². The predicted octanol–water partition coefficient (Wildman–Crippen LogP) is 3.69. The van der Waals surface area contributed by atoms with Gasteiger partial charge in [0.15, 0.2) is 0 Å². The molecular weight excluding hydrogens is 306 g/mol. The third-order valence-corrected chi connectivity index (χ3v) is 3.26. The average molecular weight is 320 g/mol. The van der Waals surface area contributed by atoms with Gasteiger partial charge in [0.2, 0.25) is 11.6 Å². The first-order chi connectivity index (χ1) is 10.5. The Balaban J connectivity index is 2.39. The second-order valence-electron chi connectivity index (χ2n) is 4.44. The molecule has 0 spiro atoms. The molecule has 1 aromatic heterocycles. The van der Waals surface area contributed by atoms with Gasteiger partial charge < -0.3 is 10.6 Å². The molecule has 0 atom stereocenters. The molecule has 0 aliphatic carbocycles. The van der Waals surface area contributed by atoms with Crippen LogP contribution in [-0.2, 0) is 0 Å². The van der Waals surface area contributed by atoms with Crippen molar-refractivity contribution in [3.05, 3.63) is 57.9 Å². The van der Waals surface area contributed by atoms with Crippen LogP contribution in [0.25, 0.3) is 0 Å². The Bertz CT molecular complexity index is 720. The Morgan fingerprint density at radius 2 is 2.14 bits per heavy atom. The van der Waals surface area contributed by atoms with Gasteiger partial charge in [-0.05, 0) is 24.6 Å². The molecule has 2 aromatic rings. The number of aryl methyl sites for hydroxylation is 1. The highest BCUT2D eigenvalue weighted by molar-refractivity contribution is 6.31. The van der Waals surface area contributed by atoms with Gasteiger partial charge in [-0.3, -0.25) is 10.1 Å². The molecule has 7 nitrogen and oxygen atoms in total. The van der Waals surface area contributed by atoms with Crippen molar-refractivity contribution in [2.24, 2.45) is 0 Å². The minimum atomic E-state index is -0.538. The molecule has 1 heterocycles. The van der Waals surface area contributed by atoms with E-state index in [0.717, 1.165) is 5.56 Å². The van der Waals surface area contributed by atoms with Crippen LogP contribution in [0.3, 0.4) is 0 Å². The third-order valence-electron chi connectivity index (χ3n) is 2.85. The van der Waals surface area contributed by atoms with E-state index < -0.39 is 4.92 Å². The lowest BCUT2D eigenvalue weighted by Gasteiger charge is -2.10. The van der Waals surface area contributed by atoms with Gasteiger partial charge in [0, 0.05) is 17.3 Å². The van der Waals surface area contributed by atoms with Crippen LogP contribution in [0.4, 0.5) is 23.0 Å². The molecule has 0 bridgehead atoms. The first-order valence-electron chi connectivity index (χ1n) is 6.40. The van der Waals surface area contributed by atoms with Gasteiger partial charge in [-0.15, -0.1) is 6.58 Å². The minimum absolute atomic E-state index is 0.0893. The first kappa shape index (κ1) is 15.7. The van der Waals surface area contributed by atoms with E-state index in [0.29, 0.717) is 17.3 Å². The molecule has 0 unspecified atom stereocenters. The van der Waals surface area contributed by atoms with Crippen LogP contribution >= 0.6 is 11.6 Å². The smallest absolute Gasteiger partial charge is 0.353 e. The summed E-state index contributed by atoms with van der Waals surface area (Å²) in [4.78, 5) is 18.6. The lowest BCUT2D eigenvalue weighted by Crippen LogP contribution is -2.08. The standard InChI is InChI=1S/C14H14ClN5O2/c1-3-6-16-13-12(20(21)22)14(18-8-17-13)19-10-5-4-9(2)11(15)7-10/h3-5,7-8H,1,6H2,2H3,(H2,16,17,18,19). The summed E-state index contributed by atoms with van der Waals surface area (Å²) in [7, 11) is 0. The molecule has 0 amide bonds. The summed E-state index contributed by atoms with van der Waals surface area (Å²) in [5.41, 5.74) is 1.28. The second kappa shape index (κ2) is 6.86. The van der Waals surface area contributed by atoms with Gasteiger partial charge in [0.05, 0.1) is 4.92 Å². The number of benzene rings is 1. The lowest BCUT2D eigenvalue weighted by atomic mass is 10.2. The summed E-state index contributed by atoms with van der Waals surface area (Å²) in [6, 6.07) is 5.26. The number of aromatic nitrogens is 2. The molecule has 0 radical (unpaired) electrons. The Kier molecular flexibility index (Phi) is 4.90. The molecule has 114 valence electrons. The maximum atomic E-state index is 11.3. The van der Waals surface area contributed by atoms with Crippen molar-refractivity contribution >= 4 is 34.6 Å². The van der Waals surface area contributed by atoms with Crippen molar-refractivity contribution in [1.82, 2.24) is 9.97 Å². The van der Waals surface area contributed by atoms with E-state index in [1.807, 2.05) is 13.0 Å². The summed E-state index contributed by atoms with van der Waals surface area (Å²) < 4.78 is 0. The number of nitrogens with one attached hydrogen (secondary N) is 2. The van der Waals surface area contributed by atoms with Crippen LogP contribution in [0, 0.1) is 17.0 Å². The zero-order chi connectivity index (χ0) is 16.1. The van der Waals surface area contributed by atoms with E-state index in [1.54, 1.807) is 18.2 Å². The summed E-state index contributed by atoms with van der Waals surface area (Å²) in [6.45, 7) is 5.78. The van der Waals surface area contributed by atoms with Gasteiger partial charge in [0.25, 0.3) is 0 Å². The quantitative estimate of drug-likeness (QED) is 0.479. The molecule has 0 aliphatic heterocycles. The highest BCUT2D eigenvalue weighted by Crippen LogP contribution is 2.32. The second-order valence-corrected chi connectivity index (χ2v) is 4.84. The molecule has 0 saturated carbocycles. The third kappa shape index (κ3) is 3.50. The summed E-state index contributed by atoms with van der Waals surface area (Å²) in [5, 5.41) is 17.6. The number of hydrogen-bond acceptors (Lipinski definition) is 6. The Hall–Kier alpha value is -2.67. The number of nitro groups is 1. The molecule has 2 N–H and O–H groups in total. The van der Waals surface area contributed by atoms with Crippen molar-refractivity contribution in [2.45, 2.75) is 6.92 Å². The van der Waals surface area contributed by atoms with Crippen LogP contribution in [0.15, 0.2) is 37.2 Å². The fraction of sp³-hybridized carbons (Fsp3) is 0.143. The lowest BCUT2D eigenvalue weighted by molar-refractivity contribution is -0.383. The zero-order valence-corrected chi connectivity index (χ0v) is 12.6. The number of anilines is 3. The van der Waals surface area contributed by atoms with Crippen LogP contribution in [-0.4, -0.2) is 21.4 Å². The number of halogens is 1.